The Kier molecular flexibility index (Phi) is 8.02. The van der Waals surface area contributed by atoms with Crippen LogP contribution in [0.2, 0.25) is 0 Å². The number of rotatable bonds is 5. The van der Waals surface area contributed by atoms with Crippen molar-refractivity contribution in [3.63, 3.8) is 0 Å². The van der Waals surface area contributed by atoms with Crippen LogP contribution in [0, 0.1) is 0 Å². The van der Waals surface area contributed by atoms with E-state index in [2.05, 4.69) is 200 Å². The molecule has 284 valence electrons. The van der Waals surface area contributed by atoms with Crippen molar-refractivity contribution in [1.82, 2.24) is 9.97 Å². The number of hydrogen-bond acceptors (Lipinski definition) is 3. The van der Waals surface area contributed by atoms with Gasteiger partial charge in [0.1, 0.15) is 11.5 Å². The van der Waals surface area contributed by atoms with Crippen LogP contribution >= 0.6 is 0 Å². The lowest BCUT2D eigenvalue weighted by Crippen LogP contribution is -2.32. The molecule has 1 aromatic heterocycles. The molecule has 4 aliphatic rings. The molecule has 3 nitrogen and oxygen atoms in total. The standard InChI is InChI=1S/C57H40N2O/c1-3-14-37(15-4-1)38-26-28-40(29-27-38)51-36-52(59-56(58-51)41-17-5-2-6-18-41)44-20-13-19-42(34-44)43-31-33-54-50(35-43)57(48-24-11-12-25-53(48)60-54)47-23-10-9-22-46(47)55-45-21-8-7-16-39(45)30-32-49(55)57/h1,3-5,7-33,35-36,42H,2,6,34H2. The van der Waals surface area contributed by atoms with E-state index in [0.29, 0.717) is 0 Å². The quantitative estimate of drug-likeness (QED) is 0.175. The summed E-state index contributed by atoms with van der Waals surface area (Å²) in [6.07, 6.45) is 16.3. The van der Waals surface area contributed by atoms with E-state index in [1.165, 1.54) is 66.4 Å². The van der Waals surface area contributed by atoms with E-state index >= 15 is 0 Å². The normalized spacial score (nSPS) is 18.2. The van der Waals surface area contributed by atoms with E-state index in [4.69, 9.17) is 14.7 Å². The number of allylic oxidation sites excluding steroid dienone is 8. The van der Waals surface area contributed by atoms with Gasteiger partial charge in [0, 0.05) is 28.2 Å². The third-order valence-corrected chi connectivity index (χ3v) is 13.0. The van der Waals surface area contributed by atoms with E-state index in [0.717, 1.165) is 59.1 Å². The fourth-order valence-electron chi connectivity index (χ4n) is 10.1. The molecule has 0 N–H and O–H groups in total. The van der Waals surface area contributed by atoms with Gasteiger partial charge in [-0.2, -0.15) is 0 Å². The molecule has 0 fully saturated rings. The van der Waals surface area contributed by atoms with Gasteiger partial charge in [-0.25, -0.2) is 9.97 Å². The maximum absolute atomic E-state index is 6.82. The van der Waals surface area contributed by atoms with E-state index < -0.39 is 5.41 Å². The molecule has 3 heteroatoms. The summed E-state index contributed by atoms with van der Waals surface area (Å²) in [5, 5.41) is 2.53. The molecule has 3 aliphatic carbocycles. The minimum absolute atomic E-state index is 0.137. The van der Waals surface area contributed by atoms with Gasteiger partial charge in [0.05, 0.1) is 16.8 Å². The first-order chi connectivity index (χ1) is 29.7. The van der Waals surface area contributed by atoms with Gasteiger partial charge in [-0.3, -0.25) is 0 Å². The monoisotopic (exact) mass is 768 g/mol. The molecule has 0 bridgehead atoms. The minimum atomic E-state index is -0.541. The van der Waals surface area contributed by atoms with Crippen molar-refractivity contribution in [1.29, 1.82) is 0 Å². The maximum atomic E-state index is 6.82. The van der Waals surface area contributed by atoms with Crippen molar-refractivity contribution in [2.75, 3.05) is 0 Å². The zero-order valence-electron chi connectivity index (χ0n) is 33.1. The molecule has 0 saturated heterocycles. The van der Waals surface area contributed by atoms with E-state index in [1.807, 2.05) is 0 Å². The summed E-state index contributed by atoms with van der Waals surface area (Å²) in [6.45, 7) is 0. The van der Waals surface area contributed by atoms with Gasteiger partial charge in [0.25, 0.3) is 0 Å². The van der Waals surface area contributed by atoms with Crippen molar-refractivity contribution >= 4 is 21.9 Å². The van der Waals surface area contributed by atoms with Crippen molar-refractivity contribution in [2.24, 2.45) is 0 Å². The van der Waals surface area contributed by atoms with Crippen molar-refractivity contribution in [3.8, 4) is 45.0 Å². The fraction of sp³-hybridized carbons (Fsp3) is 0.0877. The SMILES string of the molecule is C1=CC(c2ccc3c(c2)C2(c4ccccc4O3)c3ccccc3-c3c2ccc2ccccc32)CC(c2cc(-c3ccc(-c4ccccc4)cc3)nc(C3=CCCC=C3)n2)=C1. The molecule has 2 unspecified atom stereocenters. The molecule has 12 rings (SSSR count). The predicted octanol–water partition coefficient (Wildman–Crippen LogP) is 14.3. The van der Waals surface area contributed by atoms with Gasteiger partial charge < -0.3 is 4.74 Å². The summed E-state index contributed by atoms with van der Waals surface area (Å²) < 4.78 is 6.82. The summed E-state index contributed by atoms with van der Waals surface area (Å²) in [5.41, 5.74) is 15.9. The average Bonchev–Trinajstić information content (AvgIpc) is 3.63. The largest absolute Gasteiger partial charge is 0.457 e. The second-order valence-electron chi connectivity index (χ2n) is 16.3. The second kappa shape index (κ2) is 13.9. The topological polar surface area (TPSA) is 35.0 Å². The van der Waals surface area contributed by atoms with Crippen LogP contribution in [-0.4, -0.2) is 9.97 Å². The van der Waals surface area contributed by atoms with E-state index in [1.54, 1.807) is 0 Å². The fourth-order valence-corrected chi connectivity index (χ4v) is 10.1. The highest BCUT2D eigenvalue weighted by Gasteiger charge is 2.51. The van der Waals surface area contributed by atoms with Crippen molar-refractivity contribution in [3.05, 3.63) is 240 Å². The van der Waals surface area contributed by atoms with Crippen molar-refractivity contribution in [2.45, 2.75) is 30.6 Å². The molecular formula is C57H40N2O. The Labute approximate surface area is 350 Å². The zero-order chi connectivity index (χ0) is 39.6. The first-order valence-electron chi connectivity index (χ1n) is 21.1. The molecule has 2 atom stereocenters. The van der Waals surface area contributed by atoms with Gasteiger partial charge in [0.2, 0.25) is 0 Å². The summed E-state index contributed by atoms with van der Waals surface area (Å²) in [7, 11) is 0. The number of ether oxygens (including phenoxy) is 1. The maximum Gasteiger partial charge on any atom is 0.160 e. The molecular weight excluding hydrogens is 729 g/mol. The van der Waals surface area contributed by atoms with Crippen molar-refractivity contribution < 1.29 is 4.74 Å². The van der Waals surface area contributed by atoms with Crippen LogP contribution in [0.1, 0.15) is 64.5 Å². The molecule has 2 heterocycles. The van der Waals surface area contributed by atoms with Crippen LogP contribution in [0.3, 0.4) is 0 Å². The number of aromatic nitrogens is 2. The summed E-state index contributed by atoms with van der Waals surface area (Å²) in [4.78, 5) is 10.4. The smallest absolute Gasteiger partial charge is 0.160 e. The van der Waals surface area contributed by atoms with Crippen LogP contribution in [0.25, 0.3) is 55.4 Å². The first kappa shape index (κ1) is 34.7. The molecule has 7 aromatic carbocycles. The van der Waals surface area contributed by atoms with E-state index in [9.17, 15) is 0 Å². The molecule has 0 saturated carbocycles. The van der Waals surface area contributed by atoms with Gasteiger partial charge in [0.15, 0.2) is 5.82 Å². The Hall–Kier alpha value is -7.36. The third-order valence-electron chi connectivity index (χ3n) is 13.0. The molecule has 0 radical (unpaired) electrons. The highest BCUT2D eigenvalue weighted by atomic mass is 16.5. The lowest BCUT2D eigenvalue weighted by Gasteiger charge is -2.40. The summed E-state index contributed by atoms with van der Waals surface area (Å²) in [6, 6.07) is 59.5. The van der Waals surface area contributed by atoms with Gasteiger partial charge >= 0.3 is 0 Å². The number of fused-ring (bicyclic) bond motifs is 11. The number of nitrogens with zero attached hydrogens (tertiary/aromatic N) is 2. The van der Waals surface area contributed by atoms with Gasteiger partial charge in [-0.05, 0) is 98.8 Å². The molecule has 60 heavy (non-hydrogen) atoms. The Morgan fingerprint density at radius 3 is 2.20 bits per heavy atom. The molecule has 8 aromatic rings. The van der Waals surface area contributed by atoms with Crippen LogP contribution in [-0.2, 0) is 5.41 Å². The lowest BCUT2D eigenvalue weighted by molar-refractivity contribution is 0.436. The van der Waals surface area contributed by atoms with Crippen LogP contribution in [0.4, 0.5) is 0 Å². The molecule has 1 aliphatic heterocycles. The Morgan fingerprint density at radius 2 is 1.32 bits per heavy atom. The zero-order valence-corrected chi connectivity index (χ0v) is 33.1. The lowest BCUT2D eigenvalue weighted by atomic mass is 9.65. The third kappa shape index (κ3) is 5.43. The van der Waals surface area contributed by atoms with E-state index in [-0.39, 0.29) is 5.92 Å². The second-order valence-corrected chi connectivity index (χ2v) is 16.3. The van der Waals surface area contributed by atoms with Crippen LogP contribution in [0.15, 0.2) is 200 Å². The summed E-state index contributed by atoms with van der Waals surface area (Å²) in [5.74, 6) is 2.72. The average molecular weight is 769 g/mol. The highest BCUT2D eigenvalue weighted by molar-refractivity contribution is 6.04. The highest BCUT2D eigenvalue weighted by Crippen LogP contribution is 2.63. The number of para-hydroxylation sites is 1. The van der Waals surface area contributed by atoms with Crippen LogP contribution < -0.4 is 4.74 Å². The minimum Gasteiger partial charge on any atom is -0.457 e. The predicted molar refractivity (Wildman–Crippen MR) is 245 cm³/mol. The Balaban J connectivity index is 0.962. The molecule has 0 amide bonds. The van der Waals surface area contributed by atoms with Gasteiger partial charge in [-0.15, -0.1) is 0 Å². The van der Waals surface area contributed by atoms with Crippen LogP contribution in [0.5, 0.6) is 11.5 Å². The van der Waals surface area contributed by atoms with Gasteiger partial charge in [-0.1, -0.05) is 176 Å². The first-order valence-corrected chi connectivity index (χ1v) is 21.1. The number of hydrogen-bond donors (Lipinski definition) is 0. The molecule has 1 spiro atoms. The number of benzene rings is 7. The summed E-state index contributed by atoms with van der Waals surface area (Å²) >= 11 is 0. The Bertz CT molecular complexity index is 3150. The Morgan fingerprint density at radius 1 is 0.567 bits per heavy atom.